The first kappa shape index (κ1) is 23.2. The van der Waals surface area contributed by atoms with E-state index in [0.29, 0.717) is 0 Å². The van der Waals surface area contributed by atoms with Gasteiger partial charge in [0.15, 0.2) is 0 Å². The second-order valence-electron chi connectivity index (χ2n) is 0.258. The van der Waals surface area contributed by atoms with Crippen LogP contribution in [-0.4, -0.2) is 6.21 Å². The van der Waals surface area contributed by atoms with Crippen LogP contribution in [0.3, 0.4) is 0 Å². The molecule has 0 saturated carbocycles. The first-order valence-electron chi connectivity index (χ1n) is 1.75. The molecule has 0 aliphatic carbocycles. The Labute approximate surface area is 73.3 Å². The average Bonchev–Trinajstić information content (AvgIpc) is 1.78. The molecule has 0 heterocycles. The fraction of sp³-hybridized carbons (Fsp3) is 0.500. The van der Waals surface area contributed by atoms with Gasteiger partial charge in [-0.05, 0) is 8.02 Å². The van der Waals surface area contributed by atoms with E-state index in [2.05, 4.69) is 26.7 Å². The number of hydrogen-bond acceptors (Lipinski definition) is 1. The van der Waals surface area contributed by atoms with Crippen LogP contribution in [0.25, 0.3) is 5.41 Å². The van der Waals surface area contributed by atoms with Gasteiger partial charge in [-0.1, -0.05) is 18.7 Å². The summed E-state index contributed by atoms with van der Waals surface area (Å²) in [4.78, 5) is 0. The predicted octanol–water partition coefficient (Wildman–Crippen LogP) is 2.08. The minimum Gasteiger partial charge on any atom is -0.814 e. The fourth-order valence-corrected chi connectivity index (χ4v) is 0. The summed E-state index contributed by atoms with van der Waals surface area (Å²) in [5.74, 6) is 0. The van der Waals surface area contributed by atoms with Crippen LogP contribution in [0.15, 0.2) is 0 Å². The van der Waals surface area contributed by atoms with Gasteiger partial charge in [0.05, 0.1) is 0 Å². The zero-order valence-corrected chi connectivity index (χ0v) is 9.80. The van der Waals surface area contributed by atoms with Crippen LogP contribution in [0.1, 0.15) is 13.8 Å². The zero-order chi connectivity index (χ0) is 6.71. The summed E-state index contributed by atoms with van der Waals surface area (Å²) >= 11 is 3.89. The smallest absolute Gasteiger partial charge is 0.814 e. The monoisotopic (exact) mass is 319 g/mol. The van der Waals surface area contributed by atoms with Crippen molar-refractivity contribution in [3.8, 4) is 0 Å². The van der Waals surface area contributed by atoms with Crippen molar-refractivity contribution >= 4 is 26.0 Å². The van der Waals surface area contributed by atoms with E-state index < -0.39 is 0 Å². The summed E-state index contributed by atoms with van der Waals surface area (Å²) in [6, 6.07) is 0. The molecule has 0 unspecified atom stereocenters. The minimum atomic E-state index is 0. The third-order valence-corrected chi connectivity index (χ3v) is 0. The van der Waals surface area contributed by atoms with Gasteiger partial charge < -0.3 is 12.3 Å². The molecule has 0 fully saturated rings. The van der Waals surface area contributed by atoms with E-state index >= 15 is 0 Å². The Balaban J connectivity index is -0.0000000147. The largest absolute Gasteiger partial charge is 2.00 e. The zero-order valence-electron chi connectivity index (χ0n) is 5.05. The van der Waals surface area contributed by atoms with E-state index in [-0.39, 0.29) is 21.1 Å². The van der Waals surface area contributed by atoms with Crippen molar-refractivity contribution in [1.82, 2.24) is 0 Å². The van der Waals surface area contributed by atoms with Gasteiger partial charge in [0.1, 0.15) is 0 Å². The maximum Gasteiger partial charge on any atom is 2.00 e. The Morgan fingerprint density at radius 3 is 1.50 bits per heavy atom. The van der Waals surface area contributed by atoms with Crippen molar-refractivity contribution in [2.24, 2.45) is 0 Å². The van der Waals surface area contributed by atoms with Crippen LogP contribution < -0.4 is 0 Å². The molecule has 0 aromatic carbocycles. The van der Waals surface area contributed by atoms with Crippen LogP contribution in [0.2, 0.25) is 0 Å². The molecule has 0 aromatic rings. The van der Waals surface area contributed by atoms with Crippen molar-refractivity contribution in [2.45, 2.75) is 13.8 Å². The summed E-state index contributed by atoms with van der Waals surface area (Å²) in [5.41, 5.74) is 0. The molecule has 0 spiro atoms. The summed E-state index contributed by atoms with van der Waals surface area (Å²) in [6.45, 7) is 6.56. The van der Waals surface area contributed by atoms with Crippen LogP contribution in [0.4, 0.5) is 0 Å². The van der Waals surface area contributed by atoms with Crippen molar-refractivity contribution in [3.05, 3.63) is 12.3 Å². The maximum atomic E-state index is 7.44. The van der Waals surface area contributed by atoms with Gasteiger partial charge in [-0.25, -0.2) is 6.21 Å². The summed E-state index contributed by atoms with van der Waals surface area (Å²) in [6.07, 6.45) is 1.00. The molecule has 0 saturated heterocycles. The molecule has 0 radical (unpaired) electrons. The maximum absolute atomic E-state index is 7.44. The predicted molar refractivity (Wildman–Crippen MR) is 41.8 cm³/mol. The second-order valence-corrected chi connectivity index (χ2v) is 0.258. The van der Waals surface area contributed by atoms with E-state index in [1.165, 1.54) is 0 Å². The molecule has 0 aliphatic rings. The Kier molecular flexibility index (Phi) is 306. The van der Waals surface area contributed by atoms with Gasteiger partial charge in [0, 0.05) is 0 Å². The Morgan fingerprint density at radius 1 is 1.50 bits per heavy atom. The van der Waals surface area contributed by atoms with Crippen molar-refractivity contribution in [3.63, 3.8) is 0 Å². The van der Waals surface area contributed by atoms with Crippen molar-refractivity contribution in [1.29, 1.82) is 0 Å². The quantitative estimate of drug-likeness (QED) is 0.381. The molecule has 0 aromatic heterocycles. The Bertz CT molecular complexity index is 30.0. The molecule has 48 valence electrons. The third-order valence-electron chi connectivity index (χ3n) is 0. The third kappa shape index (κ3) is 308. The first-order valence-corrected chi connectivity index (χ1v) is 3.38. The van der Waals surface area contributed by atoms with E-state index in [1.807, 2.05) is 0 Å². The van der Waals surface area contributed by atoms with Crippen LogP contribution in [0.5, 0.6) is 0 Å². The van der Waals surface area contributed by atoms with Gasteiger partial charge in [-0.3, -0.25) is 0 Å². The van der Waals surface area contributed by atoms with Crippen LogP contribution in [0, 0.1) is 6.92 Å². The van der Waals surface area contributed by atoms with Gasteiger partial charge >= 0.3 is 21.1 Å². The molecule has 0 bridgehead atoms. The molecule has 0 aliphatic heterocycles. The molecular weight excluding hydrogens is 309 g/mol. The molecule has 0 N–H and O–H groups in total. The first-order chi connectivity index (χ1) is 3.41. The van der Waals surface area contributed by atoms with Gasteiger partial charge in [-0.15, -0.1) is 0 Å². The minimum absolute atomic E-state index is 0. The second kappa shape index (κ2) is 106. The normalized spacial score (nSPS) is 2.88. The topological polar surface area (TPSA) is 22.3 Å². The van der Waals surface area contributed by atoms with E-state index in [0.717, 1.165) is 6.21 Å². The van der Waals surface area contributed by atoms with Gasteiger partial charge in [0.2, 0.25) is 0 Å². The van der Waals surface area contributed by atoms with E-state index in [1.54, 1.807) is 13.8 Å². The molecule has 0 amide bonds. The number of nitrogens with zero attached hydrogens (tertiary/aromatic N) is 1. The number of hydrogen-bond donors (Lipinski definition) is 0. The molecular formula is C4H10NPSW. The molecule has 8 heavy (non-hydrogen) atoms. The summed E-state index contributed by atoms with van der Waals surface area (Å²) < 4.78 is 0. The van der Waals surface area contributed by atoms with Gasteiger partial charge in [0.25, 0.3) is 0 Å². The van der Waals surface area contributed by atoms with E-state index in [9.17, 15) is 0 Å². The summed E-state index contributed by atoms with van der Waals surface area (Å²) in [7, 11) is 2.56. The number of rotatable bonds is 0. The van der Waals surface area contributed by atoms with E-state index in [4.69, 9.17) is 5.41 Å². The van der Waals surface area contributed by atoms with Crippen LogP contribution in [-0.2, 0) is 32.9 Å². The molecule has 1 nitrogen and oxygen atoms in total. The van der Waals surface area contributed by atoms with Crippen molar-refractivity contribution in [2.75, 3.05) is 0 Å². The standard InChI is InChI=1S/C2H4N.C2H5.HPS.W/c1-2-3;2*1-2;/h2H,1H3;1H2,2H3;1H;/q2*-1;;+2. The van der Waals surface area contributed by atoms with Gasteiger partial charge in [-0.2, -0.15) is 6.92 Å². The van der Waals surface area contributed by atoms with Crippen molar-refractivity contribution < 1.29 is 21.1 Å². The Morgan fingerprint density at radius 2 is 1.50 bits per heavy atom. The fourth-order valence-electron chi connectivity index (χ4n) is 0. The molecule has 4 heteroatoms. The SMILES string of the molecule is CC=[N-].P=S.[CH2-]C.[W+2]. The molecule has 0 atom stereocenters. The molecule has 0 rings (SSSR count). The summed E-state index contributed by atoms with van der Waals surface area (Å²) in [5, 5.41) is 7.44. The van der Waals surface area contributed by atoms with Crippen LogP contribution >= 0.6 is 8.02 Å². The average molecular weight is 319 g/mol. The Hall–Kier alpha value is 0.878.